The molecule has 0 radical (unpaired) electrons. The highest BCUT2D eigenvalue weighted by molar-refractivity contribution is 5.58. The summed E-state index contributed by atoms with van der Waals surface area (Å²) in [5, 5.41) is 9.55. The minimum atomic E-state index is 0.357. The number of hydrogen-bond donors (Lipinski definition) is 0. The van der Waals surface area contributed by atoms with Crippen molar-refractivity contribution in [3.8, 4) is 6.07 Å². The molecule has 4 rings (SSSR count). The van der Waals surface area contributed by atoms with Gasteiger partial charge in [0.25, 0.3) is 0 Å². The van der Waals surface area contributed by atoms with Crippen LogP contribution in [0.25, 0.3) is 0 Å². The minimum absolute atomic E-state index is 0.357. The van der Waals surface area contributed by atoms with E-state index >= 15 is 0 Å². The zero-order chi connectivity index (χ0) is 17.4. The Morgan fingerprint density at radius 1 is 1.28 bits per heavy atom. The van der Waals surface area contributed by atoms with Crippen LogP contribution in [0.15, 0.2) is 18.5 Å². The highest BCUT2D eigenvalue weighted by Gasteiger charge is 2.30. The lowest BCUT2D eigenvalue weighted by molar-refractivity contribution is 0.682. The van der Waals surface area contributed by atoms with Crippen LogP contribution < -0.4 is 9.80 Å². The zero-order valence-electron chi connectivity index (χ0n) is 14.7. The zero-order valence-corrected chi connectivity index (χ0v) is 14.7. The largest absolute Gasteiger partial charge is 0.355 e. The molecule has 1 aliphatic carbocycles. The van der Waals surface area contributed by atoms with Crippen LogP contribution in [0.2, 0.25) is 0 Å². The first-order valence-electron chi connectivity index (χ1n) is 8.85. The third kappa shape index (κ3) is 2.91. The summed E-state index contributed by atoms with van der Waals surface area (Å²) >= 11 is 0. The van der Waals surface area contributed by atoms with Crippen molar-refractivity contribution in [2.45, 2.75) is 38.6 Å². The number of nitrogens with zero attached hydrogens (tertiary/aromatic N) is 6. The molecule has 1 saturated heterocycles. The van der Waals surface area contributed by atoms with Crippen LogP contribution in [0.1, 0.15) is 35.4 Å². The van der Waals surface area contributed by atoms with E-state index in [1.54, 1.807) is 6.33 Å². The average Bonchev–Trinajstić information content (AvgIpc) is 3.28. The Morgan fingerprint density at radius 2 is 2.16 bits per heavy atom. The topological polar surface area (TPSA) is 68.9 Å². The van der Waals surface area contributed by atoms with Crippen molar-refractivity contribution in [2.75, 3.05) is 29.9 Å². The Bertz CT molecular complexity index is 840. The van der Waals surface area contributed by atoms with Gasteiger partial charge in [0.05, 0.1) is 5.56 Å². The van der Waals surface area contributed by atoms with Gasteiger partial charge in [-0.3, -0.25) is 0 Å². The van der Waals surface area contributed by atoms with Crippen LogP contribution in [0, 0.1) is 18.3 Å². The van der Waals surface area contributed by atoms with E-state index in [2.05, 4.69) is 39.0 Å². The summed E-state index contributed by atoms with van der Waals surface area (Å²) < 4.78 is 0. The third-order valence-corrected chi connectivity index (χ3v) is 5.31. The van der Waals surface area contributed by atoms with Gasteiger partial charge in [-0.25, -0.2) is 15.0 Å². The first-order chi connectivity index (χ1) is 12.2. The van der Waals surface area contributed by atoms with E-state index in [-0.39, 0.29) is 0 Å². The summed E-state index contributed by atoms with van der Waals surface area (Å²) in [5.74, 6) is 1.81. The minimum Gasteiger partial charge on any atom is -0.355 e. The van der Waals surface area contributed by atoms with Gasteiger partial charge in [-0.15, -0.1) is 0 Å². The van der Waals surface area contributed by atoms with Crippen LogP contribution in [0.4, 0.5) is 11.6 Å². The first-order valence-corrected chi connectivity index (χ1v) is 8.85. The number of pyridine rings is 1. The maximum Gasteiger partial charge on any atom is 0.146 e. The lowest BCUT2D eigenvalue weighted by Gasteiger charge is -2.26. The van der Waals surface area contributed by atoms with Gasteiger partial charge in [0.15, 0.2) is 0 Å². The van der Waals surface area contributed by atoms with E-state index in [9.17, 15) is 5.26 Å². The molecule has 0 saturated carbocycles. The molecule has 2 aromatic heterocycles. The fraction of sp³-hybridized carbons (Fsp3) is 0.474. The normalized spacial score (nSPS) is 18.9. The fourth-order valence-corrected chi connectivity index (χ4v) is 3.86. The smallest absolute Gasteiger partial charge is 0.146 e. The van der Waals surface area contributed by atoms with Crippen molar-refractivity contribution in [1.29, 1.82) is 5.26 Å². The van der Waals surface area contributed by atoms with Gasteiger partial charge >= 0.3 is 0 Å². The molecule has 0 bridgehead atoms. The maximum absolute atomic E-state index is 9.55. The molecule has 25 heavy (non-hydrogen) atoms. The van der Waals surface area contributed by atoms with Gasteiger partial charge in [0.2, 0.25) is 0 Å². The second-order valence-electron chi connectivity index (χ2n) is 6.95. The fourth-order valence-electron chi connectivity index (χ4n) is 3.86. The number of aryl methyl sites for hydroxylation is 3. The van der Waals surface area contributed by atoms with Crippen LogP contribution >= 0.6 is 0 Å². The lowest BCUT2D eigenvalue weighted by Crippen LogP contribution is -2.35. The summed E-state index contributed by atoms with van der Waals surface area (Å²) in [6.45, 7) is 3.76. The van der Waals surface area contributed by atoms with Crippen molar-refractivity contribution in [3.63, 3.8) is 0 Å². The Balaban J connectivity index is 1.56. The predicted molar refractivity (Wildman–Crippen MR) is 96.8 cm³/mol. The number of rotatable bonds is 3. The highest BCUT2D eigenvalue weighted by atomic mass is 15.3. The average molecular weight is 334 g/mol. The second kappa shape index (κ2) is 6.32. The molecule has 128 valence electrons. The van der Waals surface area contributed by atoms with Gasteiger partial charge in [-0.2, -0.15) is 5.26 Å². The summed E-state index contributed by atoms with van der Waals surface area (Å²) in [6, 6.07) is 6.77. The SMILES string of the molecule is Cc1cc(N(C)C2CCN(c3nc4c(cc3C#N)CCC4)C2)ncn1. The van der Waals surface area contributed by atoms with Crippen LogP contribution in [-0.2, 0) is 12.8 Å². The molecule has 2 aliphatic rings. The standard InChI is InChI=1S/C19H22N6/c1-13-8-18(22-12-21-13)24(2)16-6-7-25(11-16)19-15(10-20)9-14-4-3-5-17(14)23-19/h8-9,12,16H,3-7,11H2,1-2H3. The van der Waals surface area contributed by atoms with E-state index in [1.165, 1.54) is 11.3 Å². The van der Waals surface area contributed by atoms with Gasteiger partial charge in [-0.05, 0) is 44.2 Å². The number of aromatic nitrogens is 3. The molecule has 0 spiro atoms. The van der Waals surface area contributed by atoms with Crippen LogP contribution in [-0.4, -0.2) is 41.1 Å². The highest BCUT2D eigenvalue weighted by Crippen LogP contribution is 2.30. The molecule has 3 heterocycles. The Kier molecular flexibility index (Phi) is 4.00. The van der Waals surface area contributed by atoms with Crippen molar-refractivity contribution < 1.29 is 0 Å². The number of anilines is 2. The molecule has 1 fully saturated rings. The Labute approximate surface area is 148 Å². The monoisotopic (exact) mass is 334 g/mol. The number of nitriles is 1. The summed E-state index contributed by atoms with van der Waals surface area (Å²) in [6.07, 6.45) is 5.88. The molecule has 6 nitrogen and oxygen atoms in total. The van der Waals surface area contributed by atoms with E-state index in [0.717, 1.165) is 56.1 Å². The predicted octanol–water partition coefficient (Wildman–Crippen LogP) is 2.26. The van der Waals surface area contributed by atoms with Gasteiger partial charge in [0.1, 0.15) is 24.0 Å². The maximum atomic E-state index is 9.55. The van der Waals surface area contributed by atoms with Crippen LogP contribution in [0.5, 0.6) is 0 Å². The van der Waals surface area contributed by atoms with Gasteiger partial charge in [0, 0.05) is 43.6 Å². The summed E-state index contributed by atoms with van der Waals surface area (Å²) in [4.78, 5) is 17.9. The van der Waals surface area contributed by atoms with E-state index < -0.39 is 0 Å². The van der Waals surface area contributed by atoms with E-state index in [4.69, 9.17) is 4.98 Å². The van der Waals surface area contributed by atoms with Crippen molar-refractivity contribution in [1.82, 2.24) is 15.0 Å². The molecule has 1 atom stereocenters. The molecule has 1 aliphatic heterocycles. The molecular formula is C19H22N6. The number of fused-ring (bicyclic) bond motifs is 1. The Morgan fingerprint density at radius 3 is 2.96 bits per heavy atom. The quantitative estimate of drug-likeness (QED) is 0.857. The van der Waals surface area contributed by atoms with Crippen molar-refractivity contribution in [3.05, 3.63) is 41.0 Å². The number of hydrogen-bond acceptors (Lipinski definition) is 6. The molecule has 2 aromatic rings. The molecule has 1 unspecified atom stereocenters. The van der Waals surface area contributed by atoms with Crippen molar-refractivity contribution >= 4 is 11.6 Å². The molecule has 0 aromatic carbocycles. The van der Waals surface area contributed by atoms with Gasteiger partial charge in [-0.1, -0.05) is 0 Å². The van der Waals surface area contributed by atoms with Crippen molar-refractivity contribution in [2.24, 2.45) is 0 Å². The van der Waals surface area contributed by atoms with E-state index in [0.29, 0.717) is 11.6 Å². The van der Waals surface area contributed by atoms with Crippen LogP contribution in [0.3, 0.4) is 0 Å². The number of likely N-dealkylation sites (N-methyl/N-ethyl adjacent to an activating group) is 1. The molecule has 0 N–H and O–H groups in total. The molecular weight excluding hydrogens is 312 g/mol. The Hall–Kier alpha value is -2.68. The summed E-state index contributed by atoms with van der Waals surface area (Å²) in [7, 11) is 2.08. The third-order valence-electron chi connectivity index (χ3n) is 5.31. The van der Waals surface area contributed by atoms with Gasteiger partial charge < -0.3 is 9.80 Å². The lowest BCUT2D eigenvalue weighted by atomic mass is 10.1. The van der Waals surface area contributed by atoms with E-state index in [1.807, 2.05) is 13.0 Å². The summed E-state index contributed by atoms with van der Waals surface area (Å²) in [5.41, 5.74) is 4.11. The molecule has 0 amide bonds. The first kappa shape index (κ1) is 15.8. The second-order valence-corrected chi connectivity index (χ2v) is 6.95. The molecule has 6 heteroatoms.